The molecular weight excluding hydrogens is 142 g/mol. The summed E-state index contributed by atoms with van der Waals surface area (Å²) >= 11 is -2.33. The second kappa shape index (κ2) is 3.26. The Labute approximate surface area is 56.3 Å². The van der Waals surface area contributed by atoms with Gasteiger partial charge in [0.25, 0.3) is 0 Å². The van der Waals surface area contributed by atoms with Crippen molar-refractivity contribution in [3.63, 3.8) is 0 Å². The van der Waals surface area contributed by atoms with Crippen LogP contribution >= 0.6 is 0 Å². The van der Waals surface area contributed by atoms with Crippen molar-refractivity contribution < 1.29 is 12.9 Å². The third-order valence-electron chi connectivity index (χ3n) is 1.13. The van der Waals surface area contributed by atoms with Gasteiger partial charge in [-0.15, -0.1) is 0 Å². The van der Waals surface area contributed by atoms with Crippen molar-refractivity contribution in [1.82, 2.24) is 4.90 Å². The van der Waals surface area contributed by atoms with Crippen LogP contribution in [0.1, 0.15) is 0 Å². The first kappa shape index (κ1) is 7.14. The third-order valence-corrected chi connectivity index (χ3v) is 1.49. The standard InChI is InChI=1S/C4H9NO3S/c6-9(7)8-4-3-5-1-2-5/h1-4H2,(H,6,7)/p-1. The average Bonchev–Trinajstić information content (AvgIpc) is 2.48. The second-order valence-corrected chi connectivity index (χ2v) is 2.51. The quantitative estimate of drug-likeness (QED) is 0.385. The third kappa shape index (κ3) is 3.58. The van der Waals surface area contributed by atoms with Crippen molar-refractivity contribution in [2.75, 3.05) is 26.2 Å². The topological polar surface area (TPSA) is 52.4 Å². The molecule has 0 saturated carbocycles. The van der Waals surface area contributed by atoms with Crippen LogP contribution in [0.3, 0.4) is 0 Å². The van der Waals surface area contributed by atoms with Crippen LogP contribution in [0.15, 0.2) is 0 Å². The van der Waals surface area contributed by atoms with Gasteiger partial charge >= 0.3 is 0 Å². The SMILES string of the molecule is O=S([O-])OCCN1CC1. The summed E-state index contributed by atoms with van der Waals surface area (Å²) in [7, 11) is 0. The summed E-state index contributed by atoms with van der Waals surface area (Å²) in [6.07, 6.45) is 0. The molecule has 1 aliphatic heterocycles. The van der Waals surface area contributed by atoms with Crippen molar-refractivity contribution in [3.05, 3.63) is 0 Å². The molecule has 0 aromatic carbocycles. The molecule has 0 N–H and O–H groups in total. The predicted octanol–water partition coefficient (Wildman–Crippen LogP) is -0.887. The zero-order valence-electron chi connectivity index (χ0n) is 4.91. The highest BCUT2D eigenvalue weighted by Gasteiger charge is 2.15. The molecular formula is C4H8NO3S-. The second-order valence-electron chi connectivity index (χ2n) is 1.87. The lowest BCUT2D eigenvalue weighted by molar-refractivity contribution is 0.281. The fourth-order valence-electron chi connectivity index (χ4n) is 0.529. The zero-order valence-corrected chi connectivity index (χ0v) is 5.73. The van der Waals surface area contributed by atoms with Gasteiger partial charge in [-0.2, -0.15) is 0 Å². The van der Waals surface area contributed by atoms with E-state index in [-0.39, 0.29) is 6.61 Å². The normalized spacial score (nSPS) is 21.9. The molecule has 9 heavy (non-hydrogen) atoms. The van der Waals surface area contributed by atoms with Crippen LogP contribution in [0, 0.1) is 0 Å². The Kier molecular flexibility index (Phi) is 2.59. The Hall–Kier alpha value is 0.0300. The van der Waals surface area contributed by atoms with Gasteiger partial charge < -0.3 is 4.55 Å². The zero-order chi connectivity index (χ0) is 6.69. The highest BCUT2D eigenvalue weighted by atomic mass is 32.2. The van der Waals surface area contributed by atoms with Gasteiger partial charge in [0, 0.05) is 19.6 Å². The smallest absolute Gasteiger partial charge is 0.0842 e. The van der Waals surface area contributed by atoms with E-state index < -0.39 is 11.4 Å². The Bertz CT molecular complexity index is 114. The van der Waals surface area contributed by atoms with Crippen molar-refractivity contribution >= 4 is 11.4 Å². The van der Waals surface area contributed by atoms with E-state index in [1.54, 1.807) is 0 Å². The molecule has 1 atom stereocenters. The average molecular weight is 150 g/mol. The van der Waals surface area contributed by atoms with Crippen LogP contribution in [-0.2, 0) is 15.5 Å². The van der Waals surface area contributed by atoms with Crippen molar-refractivity contribution in [2.45, 2.75) is 0 Å². The molecule has 0 spiro atoms. The van der Waals surface area contributed by atoms with E-state index in [1.165, 1.54) is 0 Å². The van der Waals surface area contributed by atoms with E-state index in [0.29, 0.717) is 0 Å². The minimum atomic E-state index is -2.33. The minimum Gasteiger partial charge on any atom is -0.750 e. The maximum absolute atomic E-state index is 9.76. The van der Waals surface area contributed by atoms with Crippen LogP contribution in [0.2, 0.25) is 0 Å². The number of hydrogen-bond donors (Lipinski definition) is 0. The molecule has 0 bridgehead atoms. The van der Waals surface area contributed by atoms with E-state index in [2.05, 4.69) is 9.08 Å². The first-order chi connectivity index (χ1) is 4.29. The van der Waals surface area contributed by atoms with Crippen LogP contribution < -0.4 is 0 Å². The predicted molar refractivity (Wildman–Crippen MR) is 31.3 cm³/mol. The minimum absolute atomic E-state index is 0.288. The summed E-state index contributed by atoms with van der Waals surface area (Å²) in [4.78, 5) is 2.09. The van der Waals surface area contributed by atoms with Gasteiger partial charge in [0.1, 0.15) is 0 Å². The summed E-state index contributed by atoms with van der Waals surface area (Å²) in [5.41, 5.74) is 0. The first-order valence-electron chi connectivity index (χ1n) is 2.74. The van der Waals surface area contributed by atoms with Gasteiger partial charge in [-0.25, -0.2) is 4.21 Å². The van der Waals surface area contributed by atoms with Crippen LogP contribution in [0.5, 0.6) is 0 Å². The highest BCUT2D eigenvalue weighted by molar-refractivity contribution is 7.74. The van der Waals surface area contributed by atoms with Gasteiger partial charge in [-0.1, -0.05) is 0 Å². The molecule has 1 rings (SSSR count). The van der Waals surface area contributed by atoms with E-state index in [1.807, 2.05) is 0 Å². The molecule has 54 valence electrons. The summed E-state index contributed by atoms with van der Waals surface area (Å²) in [6.45, 7) is 3.17. The molecule has 4 nitrogen and oxygen atoms in total. The van der Waals surface area contributed by atoms with E-state index in [4.69, 9.17) is 0 Å². The molecule has 0 radical (unpaired) electrons. The summed E-state index contributed by atoms with van der Waals surface area (Å²) in [6, 6.07) is 0. The molecule has 1 fully saturated rings. The molecule has 1 saturated heterocycles. The monoisotopic (exact) mass is 150 g/mol. The van der Waals surface area contributed by atoms with Gasteiger partial charge in [-0.3, -0.25) is 9.08 Å². The van der Waals surface area contributed by atoms with Crippen molar-refractivity contribution in [1.29, 1.82) is 0 Å². The molecule has 0 amide bonds. The summed E-state index contributed by atoms with van der Waals surface area (Å²) in [5, 5.41) is 0. The fraction of sp³-hybridized carbons (Fsp3) is 1.00. The molecule has 1 heterocycles. The Morgan fingerprint density at radius 2 is 2.33 bits per heavy atom. The lowest BCUT2D eigenvalue weighted by atomic mass is 10.7. The lowest BCUT2D eigenvalue weighted by Crippen LogP contribution is -2.09. The van der Waals surface area contributed by atoms with Crippen molar-refractivity contribution in [3.8, 4) is 0 Å². The molecule has 1 unspecified atom stereocenters. The largest absolute Gasteiger partial charge is 0.750 e. The summed E-state index contributed by atoms with van der Waals surface area (Å²) in [5.74, 6) is 0. The Morgan fingerprint density at radius 1 is 1.67 bits per heavy atom. The Morgan fingerprint density at radius 3 is 2.78 bits per heavy atom. The number of rotatable bonds is 4. The van der Waals surface area contributed by atoms with E-state index in [0.717, 1.165) is 19.6 Å². The van der Waals surface area contributed by atoms with Crippen molar-refractivity contribution in [2.24, 2.45) is 0 Å². The van der Waals surface area contributed by atoms with Gasteiger partial charge in [-0.05, 0) is 0 Å². The molecule has 0 aromatic rings. The van der Waals surface area contributed by atoms with E-state index >= 15 is 0 Å². The van der Waals surface area contributed by atoms with Crippen LogP contribution in [-0.4, -0.2) is 39.9 Å². The van der Waals surface area contributed by atoms with Gasteiger partial charge in [0.05, 0.1) is 18.0 Å². The summed E-state index contributed by atoms with van der Waals surface area (Å²) < 4.78 is 23.8. The molecule has 5 heteroatoms. The molecule has 1 aliphatic rings. The van der Waals surface area contributed by atoms with Crippen LogP contribution in [0.25, 0.3) is 0 Å². The lowest BCUT2D eigenvalue weighted by Gasteiger charge is -2.04. The van der Waals surface area contributed by atoms with E-state index in [9.17, 15) is 8.76 Å². The fourth-order valence-corrected chi connectivity index (χ4v) is 0.739. The first-order valence-corrected chi connectivity index (χ1v) is 3.74. The molecule has 0 aromatic heterocycles. The number of nitrogens with zero attached hydrogens (tertiary/aromatic N) is 1. The maximum atomic E-state index is 9.76. The number of hydrogen-bond acceptors (Lipinski definition) is 4. The van der Waals surface area contributed by atoms with Gasteiger partial charge in [0.15, 0.2) is 0 Å². The Balaban J connectivity index is 1.86. The maximum Gasteiger partial charge on any atom is 0.0842 e. The highest BCUT2D eigenvalue weighted by Crippen LogP contribution is 2.00. The van der Waals surface area contributed by atoms with Gasteiger partial charge in [0.2, 0.25) is 0 Å². The molecule has 0 aliphatic carbocycles. The van der Waals surface area contributed by atoms with Crippen LogP contribution in [0.4, 0.5) is 0 Å².